The Bertz CT molecular complexity index is 992. The summed E-state index contributed by atoms with van der Waals surface area (Å²) in [6.45, 7) is 1.90. The van der Waals surface area contributed by atoms with Crippen LogP contribution in [0.5, 0.6) is 0 Å². The Balaban J connectivity index is 2.16. The van der Waals surface area contributed by atoms with Crippen molar-refractivity contribution in [2.45, 2.75) is 13.3 Å². The van der Waals surface area contributed by atoms with E-state index in [9.17, 15) is 15.2 Å². The minimum atomic E-state index is -1.06. The van der Waals surface area contributed by atoms with E-state index in [2.05, 4.69) is 21.5 Å². The molecule has 0 bridgehead atoms. The van der Waals surface area contributed by atoms with Crippen molar-refractivity contribution in [2.75, 3.05) is 0 Å². The quantitative estimate of drug-likeness (QED) is 0.780. The van der Waals surface area contributed by atoms with Crippen LogP contribution in [0.2, 0.25) is 0 Å². The van der Waals surface area contributed by atoms with Gasteiger partial charge in [0.05, 0.1) is 12.6 Å². The van der Waals surface area contributed by atoms with E-state index in [1.165, 1.54) is 4.80 Å². The summed E-state index contributed by atoms with van der Waals surface area (Å²) in [5, 5.41) is 31.1. The number of aromatic nitrogens is 5. The molecule has 0 aliphatic carbocycles. The lowest BCUT2D eigenvalue weighted by Gasteiger charge is -2.05. The van der Waals surface area contributed by atoms with Crippen molar-refractivity contribution in [3.63, 3.8) is 0 Å². The number of tetrazole rings is 1. The van der Waals surface area contributed by atoms with Gasteiger partial charge in [-0.25, -0.2) is 4.79 Å². The number of aromatic carboxylic acids is 1. The van der Waals surface area contributed by atoms with Crippen LogP contribution in [-0.4, -0.2) is 35.9 Å². The number of aryl methyl sites for hydroxylation is 1. The molecule has 0 aliphatic heterocycles. The van der Waals surface area contributed by atoms with Crippen LogP contribution in [0, 0.1) is 11.3 Å². The van der Waals surface area contributed by atoms with Crippen molar-refractivity contribution >= 4 is 5.97 Å². The van der Waals surface area contributed by atoms with Gasteiger partial charge in [-0.3, -0.25) is 0 Å². The van der Waals surface area contributed by atoms with E-state index in [0.29, 0.717) is 34.6 Å². The lowest BCUT2D eigenvalue weighted by molar-refractivity contribution is 0.0687. The van der Waals surface area contributed by atoms with Crippen molar-refractivity contribution in [2.24, 2.45) is 14.1 Å². The molecule has 8 nitrogen and oxygen atoms in total. The van der Waals surface area contributed by atoms with Gasteiger partial charge in [0.2, 0.25) is 5.82 Å². The first kappa shape index (κ1) is 16.4. The fourth-order valence-corrected chi connectivity index (χ4v) is 2.98. The average Bonchev–Trinajstić information content (AvgIpc) is 3.15. The number of rotatable bonds is 4. The van der Waals surface area contributed by atoms with Crippen LogP contribution >= 0.6 is 0 Å². The molecule has 3 aromatic rings. The molecular formula is C17H16N6O2. The second kappa shape index (κ2) is 6.20. The van der Waals surface area contributed by atoms with Gasteiger partial charge >= 0.3 is 5.97 Å². The van der Waals surface area contributed by atoms with Gasteiger partial charge in [0.15, 0.2) is 0 Å². The number of hydrogen-bond donors (Lipinski definition) is 1. The standard InChI is InChI=1S/C17H16N6O2/c1-4-13-12(9-18)14(15(17(24)25)22(13)2)10-5-7-11(8-6-10)16-19-21-23(3)20-16/h5-8H,4H2,1-3H3,(H,24,25). The van der Waals surface area contributed by atoms with Gasteiger partial charge in [-0.15, -0.1) is 10.2 Å². The van der Waals surface area contributed by atoms with Crippen LogP contribution < -0.4 is 0 Å². The minimum absolute atomic E-state index is 0.110. The van der Waals surface area contributed by atoms with E-state index in [1.54, 1.807) is 42.9 Å². The molecule has 0 unspecified atom stereocenters. The fourth-order valence-electron chi connectivity index (χ4n) is 2.98. The van der Waals surface area contributed by atoms with Crippen LogP contribution in [0.15, 0.2) is 24.3 Å². The largest absolute Gasteiger partial charge is 0.477 e. The first-order valence-corrected chi connectivity index (χ1v) is 7.67. The highest BCUT2D eigenvalue weighted by Crippen LogP contribution is 2.33. The summed E-state index contributed by atoms with van der Waals surface area (Å²) in [7, 11) is 3.35. The molecule has 126 valence electrons. The highest BCUT2D eigenvalue weighted by atomic mass is 16.4. The van der Waals surface area contributed by atoms with E-state index in [0.717, 1.165) is 5.56 Å². The second-order valence-electron chi connectivity index (χ2n) is 5.55. The van der Waals surface area contributed by atoms with Crippen LogP contribution in [0.25, 0.3) is 22.5 Å². The molecule has 25 heavy (non-hydrogen) atoms. The smallest absolute Gasteiger partial charge is 0.353 e. The number of hydrogen-bond acceptors (Lipinski definition) is 5. The van der Waals surface area contributed by atoms with Gasteiger partial charge in [0, 0.05) is 23.9 Å². The Labute approximate surface area is 143 Å². The summed E-state index contributed by atoms with van der Waals surface area (Å²) in [4.78, 5) is 13.1. The summed E-state index contributed by atoms with van der Waals surface area (Å²) in [5.41, 5.74) is 3.07. The van der Waals surface area contributed by atoms with Gasteiger partial charge in [-0.1, -0.05) is 31.2 Å². The molecule has 2 heterocycles. The summed E-state index contributed by atoms with van der Waals surface area (Å²) in [6, 6.07) is 9.28. The molecule has 0 spiro atoms. The van der Waals surface area contributed by atoms with Crippen LogP contribution in [0.1, 0.15) is 28.7 Å². The molecule has 0 aliphatic rings. The number of carbonyl (C=O) groups is 1. The van der Waals surface area contributed by atoms with Gasteiger partial charge in [-0.05, 0) is 17.2 Å². The number of carboxylic acids is 1. The lowest BCUT2D eigenvalue weighted by Crippen LogP contribution is -2.07. The van der Waals surface area contributed by atoms with Crippen LogP contribution in [0.4, 0.5) is 0 Å². The number of carboxylic acid groups (broad SMARTS) is 1. The number of nitrogens with zero attached hydrogens (tertiary/aromatic N) is 6. The zero-order chi connectivity index (χ0) is 18.1. The maximum Gasteiger partial charge on any atom is 0.353 e. The third kappa shape index (κ3) is 2.65. The van der Waals surface area contributed by atoms with E-state index >= 15 is 0 Å². The number of nitriles is 1. The normalized spacial score (nSPS) is 10.6. The molecule has 0 amide bonds. The Morgan fingerprint density at radius 1 is 1.24 bits per heavy atom. The molecule has 8 heteroatoms. The monoisotopic (exact) mass is 336 g/mol. The third-order valence-electron chi connectivity index (χ3n) is 4.11. The first-order valence-electron chi connectivity index (χ1n) is 7.67. The molecule has 0 atom stereocenters. The maximum atomic E-state index is 11.7. The minimum Gasteiger partial charge on any atom is -0.477 e. The van der Waals surface area contributed by atoms with Crippen molar-refractivity contribution < 1.29 is 9.90 Å². The predicted molar refractivity (Wildman–Crippen MR) is 89.7 cm³/mol. The molecule has 1 N–H and O–H groups in total. The molecule has 0 saturated heterocycles. The lowest BCUT2D eigenvalue weighted by atomic mass is 9.99. The molecule has 0 radical (unpaired) electrons. The van der Waals surface area contributed by atoms with Crippen molar-refractivity contribution in [3.8, 4) is 28.6 Å². The molecule has 1 aromatic carbocycles. The first-order chi connectivity index (χ1) is 12.0. The van der Waals surface area contributed by atoms with Gasteiger partial charge in [0.1, 0.15) is 11.8 Å². The summed E-state index contributed by atoms with van der Waals surface area (Å²) in [5.74, 6) is -0.580. The summed E-state index contributed by atoms with van der Waals surface area (Å²) >= 11 is 0. The zero-order valence-corrected chi connectivity index (χ0v) is 14.1. The average molecular weight is 336 g/mol. The molecule has 2 aromatic heterocycles. The Hall–Kier alpha value is -3.47. The molecular weight excluding hydrogens is 320 g/mol. The van der Waals surface area contributed by atoms with Crippen LogP contribution in [0.3, 0.4) is 0 Å². The topological polar surface area (TPSA) is 110 Å². The Morgan fingerprint density at radius 3 is 2.36 bits per heavy atom. The Kier molecular flexibility index (Phi) is 4.07. The second-order valence-corrected chi connectivity index (χ2v) is 5.55. The predicted octanol–water partition coefficient (Wildman–Crippen LogP) is 2.01. The molecule has 0 saturated carbocycles. The van der Waals surface area contributed by atoms with Crippen molar-refractivity contribution in [1.82, 2.24) is 24.8 Å². The van der Waals surface area contributed by atoms with Gasteiger partial charge in [-0.2, -0.15) is 10.1 Å². The van der Waals surface area contributed by atoms with Gasteiger partial charge < -0.3 is 9.67 Å². The van der Waals surface area contributed by atoms with E-state index in [-0.39, 0.29) is 5.69 Å². The zero-order valence-electron chi connectivity index (χ0n) is 14.1. The maximum absolute atomic E-state index is 11.7. The molecule has 3 rings (SSSR count). The van der Waals surface area contributed by atoms with Crippen LogP contribution in [-0.2, 0) is 20.5 Å². The van der Waals surface area contributed by atoms with Crippen molar-refractivity contribution in [1.29, 1.82) is 5.26 Å². The van der Waals surface area contributed by atoms with Gasteiger partial charge in [0.25, 0.3) is 0 Å². The Morgan fingerprint density at radius 2 is 1.88 bits per heavy atom. The van der Waals surface area contributed by atoms with E-state index in [1.807, 2.05) is 6.92 Å². The highest BCUT2D eigenvalue weighted by molar-refractivity contribution is 5.97. The number of benzene rings is 1. The van der Waals surface area contributed by atoms with E-state index in [4.69, 9.17) is 0 Å². The fraction of sp³-hybridized carbons (Fsp3) is 0.235. The van der Waals surface area contributed by atoms with E-state index < -0.39 is 5.97 Å². The summed E-state index contributed by atoms with van der Waals surface area (Å²) in [6.07, 6.45) is 0.571. The summed E-state index contributed by atoms with van der Waals surface area (Å²) < 4.78 is 1.58. The van der Waals surface area contributed by atoms with Crippen molar-refractivity contribution in [3.05, 3.63) is 41.2 Å². The molecule has 0 fully saturated rings. The SMILES string of the molecule is CCc1c(C#N)c(-c2ccc(-c3nnn(C)n3)cc2)c(C(=O)O)n1C. The highest BCUT2D eigenvalue weighted by Gasteiger charge is 2.25. The third-order valence-corrected chi connectivity index (χ3v) is 4.11.